The van der Waals surface area contributed by atoms with Crippen molar-refractivity contribution in [2.45, 2.75) is 24.1 Å². The minimum absolute atomic E-state index is 0.0224. The van der Waals surface area contributed by atoms with Crippen molar-refractivity contribution in [3.63, 3.8) is 0 Å². The molecular weight excluding hydrogens is 326 g/mol. The Kier molecular flexibility index (Phi) is 5.37. The molecule has 0 bridgehead atoms. The normalized spacial score (nSPS) is 17.0. The average molecular weight is 347 g/mol. The molecule has 1 amide bonds. The van der Waals surface area contributed by atoms with E-state index in [1.54, 1.807) is 0 Å². The summed E-state index contributed by atoms with van der Waals surface area (Å²) in [5.74, 6) is 0.0224. The van der Waals surface area contributed by atoms with E-state index in [0.29, 0.717) is 24.8 Å². The number of carbonyl (C=O) groups excluding carboxylic acids is 1. The Balaban J connectivity index is 1.87. The topological polar surface area (TPSA) is 109 Å². The quantitative estimate of drug-likeness (QED) is 0.739. The average Bonchev–Trinajstić information content (AvgIpc) is 2.88. The number of nitrogens with two attached hydrogens (primary N) is 1. The summed E-state index contributed by atoms with van der Waals surface area (Å²) in [6, 6.07) is 0.140. The molecule has 124 valence electrons. The maximum atomic E-state index is 11.7. The highest BCUT2D eigenvalue weighted by atomic mass is 32.2. The van der Waals surface area contributed by atoms with Crippen molar-refractivity contribution >= 4 is 32.4 Å². The Morgan fingerprint density at radius 3 is 2.55 bits per heavy atom. The van der Waals surface area contributed by atoms with Crippen LogP contribution in [0.5, 0.6) is 0 Å². The number of rotatable bonds is 5. The molecule has 1 saturated heterocycles. The summed E-state index contributed by atoms with van der Waals surface area (Å²) in [7, 11) is -3.69. The number of carbonyl (C=O) groups is 1. The number of piperazine rings is 1. The van der Waals surface area contributed by atoms with E-state index < -0.39 is 10.0 Å². The fraction of sp³-hybridized carbons (Fsp3) is 0.667. The number of primary sulfonamides is 1. The number of amides is 1. The number of thiazole rings is 1. The monoisotopic (exact) mass is 347 g/mol. The Labute approximate surface area is 134 Å². The van der Waals surface area contributed by atoms with E-state index in [1.165, 1.54) is 6.20 Å². The number of anilines is 1. The molecule has 1 fully saturated rings. The van der Waals surface area contributed by atoms with Gasteiger partial charge in [0.05, 0.1) is 12.7 Å². The van der Waals surface area contributed by atoms with E-state index in [-0.39, 0.29) is 16.2 Å². The van der Waals surface area contributed by atoms with Crippen molar-refractivity contribution < 1.29 is 13.2 Å². The van der Waals surface area contributed by atoms with Crippen molar-refractivity contribution in [1.82, 2.24) is 15.2 Å². The minimum atomic E-state index is -3.69. The van der Waals surface area contributed by atoms with Crippen molar-refractivity contribution in [3.05, 3.63) is 6.20 Å². The van der Waals surface area contributed by atoms with Gasteiger partial charge in [0.15, 0.2) is 9.34 Å². The molecule has 1 aliphatic heterocycles. The first-order valence-electron chi connectivity index (χ1n) is 7.01. The first-order chi connectivity index (χ1) is 10.3. The zero-order valence-electron chi connectivity index (χ0n) is 12.7. The van der Waals surface area contributed by atoms with Crippen LogP contribution in [0.3, 0.4) is 0 Å². The van der Waals surface area contributed by atoms with Gasteiger partial charge >= 0.3 is 0 Å². The minimum Gasteiger partial charge on any atom is -0.353 e. The molecular formula is C12H21N5O3S2. The summed E-state index contributed by atoms with van der Waals surface area (Å²) in [5.41, 5.74) is 0. The Hall–Kier alpha value is -1.23. The van der Waals surface area contributed by atoms with Gasteiger partial charge in [-0.05, 0) is 13.8 Å². The van der Waals surface area contributed by atoms with Crippen LogP contribution < -0.4 is 15.4 Å². The van der Waals surface area contributed by atoms with Gasteiger partial charge in [0, 0.05) is 32.2 Å². The first kappa shape index (κ1) is 17.1. The van der Waals surface area contributed by atoms with E-state index in [2.05, 4.69) is 15.2 Å². The zero-order chi connectivity index (χ0) is 16.3. The lowest BCUT2D eigenvalue weighted by Crippen LogP contribution is -2.50. The van der Waals surface area contributed by atoms with Gasteiger partial charge in [0.25, 0.3) is 0 Å². The van der Waals surface area contributed by atoms with Crippen LogP contribution in [0, 0.1) is 0 Å². The third-order valence-corrected chi connectivity index (χ3v) is 5.68. The molecule has 0 radical (unpaired) electrons. The molecule has 0 spiro atoms. The molecule has 0 aromatic carbocycles. The summed E-state index contributed by atoms with van der Waals surface area (Å²) in [6.07, 6.45) is 1.29. The van der Waals surface area contributed by atoms with Crippen LogP contribution in [0.2, 0.25) is 0 Å². The number of sulfonamides is 1. The van der Waals surface area contributed by atoms with Crippen molar-refractivity contribution in [2.24, 2.45) is 5.14 Å². The zero-order valence-corrected chi connectivity index (χ0v) is 14.3. The van der Waals surface area contributed by atoms with Crippen molar-refractivity contribution in [3.8, 4) is 0 Å². The molecule has 1 aromatic heterocycles. The van der Waals surface area contributed by atoms with Crippen LogP contribution in [-0.2, 0) is 14.8 Å². The van der Waals surface area contributed by atoms with Crippen LogP contribution >= 0.6 is 11.3 Å². The molecule has 3 N–H and O–H groups in total. The molecule has 8 nitrogen and oxygen atoms in total. The Bertz CT molecular complexity index is 620. The lowest BCUT2D eigenvalue weighted by atomic mass is 10.3. The second-order valence-electron chi connectivity index (χ2n) is 5.49. The van der Waals surface area contributed by atoms with E-state index in [4.69, 9.17) is 5.14 Å². The first-order valence-corrected chi connectivity index (χ1v) is 9.37. The van der Waals surface area contributed by atoms with E-state index >= 15 is 0 Å². The van der Waals surface area contributed by atoms with Crippen LogP contribution in [0.25, 0.3) is 0 Å². The summed E-state index contributed by atoms with van der Waals surface area (Å²) in [4.78, 5) is 19.9. The number of nitrogens with one attached hydrogen (secondary N) is 1. The highest BCUT2D eigenvalue weighted by Crippen LogP contribution is 2.25. The van der Waals surface area contributed by atoms with Crippen molar-refractivity contribution in [1.29, 1.82) is 0 Å². The van der Waals surface area contributed by atoms with Crippen LogP contribution in [0.4, 0.5) is 5.13 Å². The maximum absolute atomic E-state index is 11.7. The highest BCUT2D eigenvalue weighted by molar-refractivity contribution is 7.91. The summed E-state index contributed by atoms with van der Waals surface area (Å²) < 4.78 is 22.6. The van der Waals surface area contributed by atoms with Gasteiger partial charge in [-0.1, -0.05) is 11.3 Å². The molecule has 0 aliphatic carbocycles. The number of aromatic nitrogens is 1. The maximum Gasteiger partial charge on any atom is 0.249 e. The Morgan fingerprint density at radius 1 is 1.41 bits per heavy atom. The molecule has 0 atom stereocenters. The van der Waals surface area contributed by atoms with Gasteiger partial charge in [0.2, 0.25) is 15.9 Å². The summed E-state index contributed by atoms with van der Waals surface area (Å²) in [5, 5.41) is 8.60. The van der Waals surface area contributed by atoms with Crippen LogP contribution in [-0.4, -0.2) is 63.0 Å². The van der Waals surface area contributed by atoms with E-state index in [0.717, 1.165) is 24.4 Å². The van der Waals surface area contributed by atoms with Gasteiger partial charge in [0.1, 0.15) is 0 Å². The van der Waals surface area contributed by atoms with Gasteiger partial charge in [-0.15, -0.1) is 0 Å². The van der Waals surface area contributed by atoms with Gasteiger partial charge in [-0.2, -0.15) is 0 Å². The molecule has 1 aliphatic rings. The molecule has 22 heavy (non-hydrogen) atoms. The van der Waals surface area contributed by atoms with Crippen LogP contribution in [0.15, 0.2) is 10.4 Å². The van der Waals surface area contributed by atoms with E-state index in [9.17, 15) is 13.2 Å². The van der Waals surface area contributed by atoms with Crippen LogP contribution in [0.1, 0.15) is 13.8 Å². The summed E-state index contributed by atoms with van der Waals surface area (Å²) in [6.45, 7) is 7.11. The SMILES string of the molecule is CC(C)NC(=O)CN1CCN(c2ncc(S(N)(=O)=O)s2)CC1. The summed E-state index contributed by atoms with van der Waals surface area (Å²) >= 11 is 1.07. The second kappa shape index (κ2) is 6.90. The fourth-order valence-corrected chi connectivity index (χ4v) is 3.79. The number of hydrogen-bond donors (Lipinski definition) is 2. The van der Waals surface area contributed by atoms with E-state index in [1.807, 2.05) is 18.7 Å². The number of hydrogen-bond acceptors (Lipinski definition) is 7. The predicted octanol–water partition coefficient (Wildman–Crippen LogP) is -0.563. The molecule has 1 aromatic rings. The molecule has 0 unspecified atom stereocenters. The van der Waals surface area contributed by atoms with Gasteiger partial charge in [-0.3, -0.25) is 9.69 Å². The Morgan fingerprint density at radius 2 is 2.05 bits per heavy atom. The molecule has 2 heterocycles. The smallest absolute Gasteiger partial charge is 0.249 e. The standard InChI is InChI=1S/C12H21N5O3S2/c1-9(2)15-10(18)8-16-3-5-17(6-4-16)12-14-7-11(21-12)22(13,19)20/h7,9H,3-6,8H2,1-2H3,(H,15,18)(H2,13,19,20). The second-order valence-corrected chi connectivity index (χ2v) is 8.29. The molecule has 10 heteroatoms. The van der Waals surface area contributed by atoms with Gasteiger partial charge in [-0.25, -0.2) is 18.5 Å². The molecule has 0 saturated carbocycles. The highest BCUT2D eigenvalue weighted by Gasteiger charge is 2.22. The predicted molar refractivity (Wildman–Crippen MR) is 85.4 cm³/mol. The lowest BCUT2D eigenvalue weighted by molar-refractivity contribution is -0.122. The third-order valence-electron chi connectivity index (χ3n) is 3.21. The largest absolute Gasteiger partial charge is 0.353 e. The van der Waals surface area contributed by atoms with Crippen molar-refractivity contribution in [2.75, 3.05) is 37.6 Å². The van der Waals surface area contributed by atoms with Gasteiger partial charge < -0.3 is 10.2 Å². The number of nitrogens with zero attached hydrogens (tertiary/aromatic N) is 3. The third kappa shape index (κ3) is 4.63. The lowest BCUT2D eigenvalue weighted by Gasteiger charge is -2.34. The fourth-order valence-electron chi connectivity index (χ4n) is 2.20. The molecule has 2 rings (SSSR count).